The van der Waals surface area contributed by atoms with Crippen LogP contribution in [0.1, 0.15) is 18.4 Å². The Labute approximate surface area is 141 Å². The van der Waals surface area contributed by atoms with Gasteiger partial charge in [-0.25, -0.2) is 0 Å². The van der Waals surface area contributed by atoms with Gasteiger partial charge in [-0.05, 0) is 37.0 Å². The molecule has 1 aromatic rings. The van der Waals surface area contributed by atoms with E-state index in [0.29, 0.717) is 37.3 Å². The molecular weight excluding hydrogens is 310 g/mol. The standard InChI is InChI=1S/C18H23NO5/c1-23-15-8-7-12(11-16(15)24-2)9-10-19-17(20)13-5-3-4-6-14(13)18(21)22/h3-4,7-8,11,13-14H,5-6,9-10H2,1-2H3,(H,19,20)(H,21,22)/t13-,14+/m0/s1. The molecule has 0 spiro atoms. The second-order valence-corrected chi connectivity index (χ2v) is 5.72. The van der Waals surface area contributed by atoms with E-state index in [1.54, 1.807) is 14.2 Å². The third-order valence-corrected chi connectivity index (χ3v) is 4.25. The lowest BCUT2D eigenvalue weighted by Crippen LogP contribution is -2.39. The van der Waals surface area contributed by atoms with E-state index in [4.69, 9.17) is 9.47 Å². The lowest BCUT2D eigenvalue weighted by Gasteiger charge is -2.24. The van der Waals surface area contributed by atoms with Gasteiger partial charge in [0.05, 0.1) is 26.1 Å². The summed E-state index contributed by atoms with van der Waals surface area (Å²) < 4.78 is 10.4. The number of ether oxygens (including phenoxy) is 2. The summed E-state index contributed by atoms with van der Waals surface area (Å²) in [5.41, 5.74) is 1.01. The van der Waals surface area contributed by atoms with Crippen LogP contribution in [0.15, 0.2) is 30.4 Å². The fraction of sp³-hybridized carbons (Fsp3) is 0.444. The summed E-state index contributed by atoms with van der Waals surface area (Å²) in [7, 11) is 3.15. The second-order valence-electron chi connectivity index (χ2n) is 5.72. The molecule has 1 amide bonds. The van der Waals surface area contributed by atoms with Gasteiger partial charge in [-0.2, -0.15) is 0 Å². The number of methoxy groups -OCH3 is 2. The van der Waals surface area contributed by atoms with Crippen molar-refractivity contribution in [2.75, 3.05) is 20.8 Å². The van der Waals surface area contributed by atoms with Gasteiger partial charge in [0.1, 0.15) is 0 Å². The van der Waals surface area contributed by atoms with Crippen molar-refractivity contribution in [3.63, 3.8) is 0 Å². The van der Waals surface area contributed by atoms with Crippen LogP contribution in [0.25, 0.3) is 0 Å². The Bertz CT molecular complexity index is 626. The first-order valence-electron chi connectivity index (χ1n) is 7.93. The fourth-order valence-electron chi connectivity index (χ4n) is 2.87. The number of carboxylic acid groups (broad SMARTS) is 1. The molecule has 0 bridgehead atoms. The van der Waals surface area contributed by atoms with Crippen LogP contribution in [0.4, 0.5) is 0 Å². The molecule has 6 heteroatoms. The van der Waals surface area contributed by atoms with E-state index in [1.165, 1.54) is 0 Å². The molecule has 1 aliphatic rings. The number of hydrogen-bond donors (Lipinski definition) is 2. The molecule has 2 N–H and O–H groups in total. The highest BCUT2D eigenvalue weighted by Gasteiger charge is 2.33. The van der Waals surface area contributed by atoms with Crippen molar-refractivity contribution < 1.29 is 24.2 Å². The molecule has 1 aliphatic carbocycles. The Morgan fingerprint density at radius 1 is 1.12 bits per heavy atom. The Balaban J connectivity index is 1.90. The largest absolute Gasteiger partial charge is 0.493 e. The van der Waals surface area contributed by atoms with Crippen molar-refractivity contribution in [1.82, 2.24) is 5.32 Å². The topological polar surface area (TPSA) is 84.9 Å². The van der Waals surface area contributed by atoms with Gasteiger partial charge in [-0.1, -0.05) is 18.2 Å². The number of benzene rings is 1. The minimum atomic E-state index is -0.917. The molecule has 1 aromatic carbocycles. The van der Waals surface area contributed by atoms with E-state index in [0.717, 1.165) is 5.56 Å². The number of allylic oxidation sites excluding steroid dienone is 2. The highest BCUT2D eigenvalue weighted by molar-refractivity contribution is 5.85. The third kappa shape index (κ3) is 4.28. The van der Waals surface area contributed by atoms with Crippen LogP contribution >= 0.6 is 0 Å². The van der Waals surface area contributed by atoms with Gasteiger partial charge in [-0.15, -0.1) is 0 Å². The summed E-state index contributed by atoms with van der Waals surface area (Å²) >= 11 is 0. The van der Waals surface area contributed by atoms with E-state index < -0.39 is 17.8 Å². The van der Waals surface area contributed by atoms with Gasteiger partial charge < -0.3 is 19.9 Å². The van der Waals surface area contributed by atoms with Crippen molar-refractivity contribution in [2.45, 2.75) is 19.3 Å². The Morgan fingerprint density at radius 2 is 1.79 bits per heavy atom. The van der Waals surface area contributed by atoms with Crippen molar-refractivity contribution in [3.05, 3.63) is 35.9 Å². The van der Waals surface area contributed by atoms with E-state index in [1.807, 2.05) is 30.4 Å². The first kappa shape index (κ1) is 17.8. The molecule has 0 unspecified atom stereocenters. The van der Waals surface area contributed by atoms with E-state index in [9.17, 15) is 14.7 Å². The number of carbonyl (C=O) groups excluding carboxylic acids is 1. The van der Waals surface area contributed by atoms with E-state index in [-0.39, 0.29) is 5.91 Å². The van der Waals surface area contributed by atoms with Gasteiger partial charge in [0.15, 0.2) is 11.5 Å². The lowest BCUT2D eigenvalue weighted by molar-refractivity contribution is -0.147. The number of nitrogens with one attached hydrogen (secondary N) is 1. The maximum Gasteiger partial charge on any atom is 0.307 e. The Hall–Kier alpha value is -2.50. The average molecular weight is 333 g/mol. The molecule has 0 aliphatic heterocycles. The highest BCUT2D eigenvalue weighted by Crippen LogP contribution is 2.28. The summed E-state index contributed by atoms with van der Waals surface area (Å²) in [6.45, 7) is 0.445. The van der Waals surface area contributed by atoms with Crippen LogP contribution in [0.2, 0.25) is 0 Å². The van der Waals surface area contributed by atoms with Crippen molar-refractivity contribution in [2.24, 2.45) is 11.8 Å². The van der Waals surface area contributed by atoms with E-state index >= 15 is 0 Å². The van der Waals surface area contributed by atoms with E-state index in [2.05, 4.69) is 5.32 Å². The lowest BCUT2D eigenvalue weighted by atomic mass is 9.82. The van der Waals surface area contributed by atoms with Crippen LogP contribution in [0.5, 0.6) is 11.5 Å². The zero-order valence-electron chi connectivity index (χ0n) is 14.0. The number of rotatable bonds is 7. The zero-order valence-corrected chi connectivity index (χ0v) is 14.0. The van der Waals surface area contributed by atoms with Crippen molar-refractivity contribution >= 4 is 11.9 Å². The predicted molar refractivity (Wildman–Crippen MR) is 89.2 cm³/mol. The Morgan fingerprint density at radius 3 is 2.42 bits per heavy atom. The molecule has 0 heterocycles. The maximum absolute atomic E-state index is 12.3. The van der Waals surface area contributed by atoms with Crippen LogP contribution in [-0.2, 0) is 16.0 Å². The van der Waals surface area contributed by atoms with Crippen molar-refractivity contribution in [1.29, 1.82) is 0 Å². The van der Waals surface area contributed by atoms with Crippen LogP contribution < -0.4 is 14.8 Å². The quantitative estimate of drug-likeness (QED) is 0.746. The monoisotopic (exact) mass is 333 g/mol. The number of amides is 1. The van der Waals surface area contributed by atoms with Crippen molar-refractivity contribution in [3.8, 4) is 11.5 Å². The predicted octanol–water partition coefficient (Wildman–Crippen LogP) is 2.03. The van der Waals surface area contributed by atoms with Gasteiger partial charge in [0.25, 0.3) is 0 Å². The second kappa shape index (κ2) is 8.38. The van der Waals surface area contributed by atoms with Gasteiger partial charge in [0, 0.05) is 6.54 Å². The summed E-state index contributed by atoms with van der Waals surface area (Å²) in [6, 6.07) is 5.60. The minimum Gasteiger partial charge on any atom is -0.493 e. The third-order valence-electron chi connectivity index (χ3n) is 4.25. The molecule has 2 rings (SSSR count). The van der Waals surface area contributed by atoms with Gasteiger partial charge in [-0.3, -0.25) is 9.59 Å². The number of carboxylic acids is 1. The maximum atomic E-state index is 12.3. The van der Waals surface area contributed by atoms with Crippen LogP contribution in [-0.4, -0.2) is 37.7 Å². The average Bonchev–Trinajstić information content (AvgIpc) is 2.61. The molecule has 130 valence electrons. The molecule has 0 saturated heterocycles. The molecule has 0 radical (unpaired) electrons. The molecular formula is C18H23NO5. The first-order chi connectivity index (χ1) is 11.6. The minimum absolute atomic E-state index is 0.202. The van der Waals surface area contributed by atoms with Gasteiger partial charge in [0.2, 0.25) is 5.91 Å². The zero-order chi connectivity index (χ0) is 17.5. The summed E-state index contributed by atoms with van der Waals surface area (Å²) in [5, 5.41) is 12.1. The highest BCUT2D eigenvalue weighted by atomic mass is 16.5. The molecule has 24 heavy (non-hydrogen) atoms. The summed E-state index contributed by atoms with van der Waals surface area (Å²) in [5.74, 6) is -0.964. The van der Waals surface area contributed by atoms with Gasteiger partial charge >= 0.3 is 5.97 Å². The SMILES string of the molecule is COc1ccc(CCNC(=O)[C@H]2CC=CC[C@H]2C(=O)O)cc1OC. The fourth-order valence-corrected chi connectivity index (χ4v) is 2.87. The molecule has 0 aromatic heterocycles. The summed E-state index contributed by atoms with van der Waals surface area (Å²) in [4.78, 5) is 23.5. The Kier molecular flexibility index (Phi) is 6.23. The smallest absolute Gasteiger partial charge is 0.307 e. The first-order valence-corrected chi connectivity index (χ1v) is 7.93. The molecule has 0 fully saturated rings. The molecule has 6 nitrogen and oxygen atoms in total. The normalized spacial score (nSPS) is 19.6. The number of aliphatic carboxylic acids is 1. The van der Waals surface area contributed by atoms with Crippen LogP contribution in [0.3, 0.4) is 0 Å². The van der Waals surface area contributed by atoms with Crippen LogP contribution in [0, 0.1) is 11.8 Å². The number of hydrogen-bond acceptors (Lipinski definition) is 4. The molecule has 2 atom stereocenters. The molecule has 0 saturated carbocycles. The number of carbonyl (C=O) groups is 2. The summed E-state index contributed by atoms with van der Waals surface area (Å²) in [6.07, 6.45) is 5.21.